The lowest BCUT2D eigenvalue weighted by Crippen LogP contribution is -2.51. The van der Waals surface area contributed by atoms with E-state index in [9.17, 15) is 8.42 Å². The number of nitrogens with two attached hydrogens (primary N) is 1. The quantitative estimate of drug-likeness (QED) is 0.927. The van der Waals surface area contributed by atoms with Crippen molar-refractivity contribution in [3.05, 3.63) is 30.3 Å². The number of sulfonamides is 1. The normalized spacial score (nSPS) is 24.7. The van der Waals surface area contributed by atoms with Crippen molar-refractivity contribution in [2.75, 3.05) is 13.1 Å². The van der Waals surface area contributed by atoms with E-state index in [0.717, 1.165) is 12.8 Å². The molecule has 0 aromatic heterocycles. The molecule has 0 aliphatic carbocycles. The SMILES string of the molecule is CC1CCCN(S(=O)(=O)c2ccccc2)C1CN.Cl. The molecule has 2 unspecified atom stereocenters. The second-order valence-corrected chi connectivity index (χ2v) is 6.74. The van der Waals surface area contributed by atoms with Crippen molar-refractivity contribution in [1.82, 2.24) is 4.31 Å². The van der Waals surface area contributed by atoms with Crippen LogP contribution in [0.2, 0.25) is 0 Å². The van der Waals surface area contributed by atoms with E-state index in [1.165, 1.54) is 0 Å². The summed E-state index contributed by atoms with van der Waals surface area (Å²) in [6, 6.07) is 8.52. The number of nitrogens with zero attached hydrogens (tertiary/aromatic N) is 1. The molecule has 1 heterocycles. The molecule has 108 valence electrons. The first kappa shape index (κ1) is 16.4. The van der Waals surface area contributed by atoms with Crippen molar-refractivity contribution in [3.63, 3.8) is 0 Å². The third-order valence-corrected chi connectivity index (χ3v) is 5.59. The Morgan fingerprint density at radius 3 is 2.53 bits per heavy atom. The van der Waals surface area contributed by atoms with Crippen LogP contribution in [0.5, 0.6) is 0 Å². The molecule has 0 saturated carbocycles. The van der Waals surface area contributed by atoms with Gasteiger partial charge >= 0.3 is 0 Å². The fraction of sp³-hybridized carbons (Fsp3) is 0.538. The van der Waals surface area contributed by atoms with Gasteiger partial charge in [-0.05, 0) is 30.9 Å². The first-order valence-corrected chi connectivity index (χ1v) is 7.78. The van der Waals surface area contributed by atoms with E-state index in [4.69, 9.17) is 5.73 Å². The van der Waals surface area contributed by atoms with E-state index < -0.39 is 10.0 Å². The van der Waals surface area contributed by atoms with Crippen LogP contribution < -0.4 is 5.73 Å². The second kappa shape index (κ2) is 6.70. The van der Waals surface area contributed by atoms with Gasteiger partial charge in [0.2, 0.25) is 10.0 Å². The Balaban J connectivity index is 0.00000180. The molecular formula is C13H21ClN2O2S. The Morgan fingerprint density at radius 2 is 1.95 bits per heavy atom. The highest BCUT2D eigenvalue weighted by Crippen LogP contribution is 2.28. The molecule has 1 saturated heterocycles. The van der Waals surface area contributed by atoms with Crippen LogP contribution in [0.25, 0.3) is 0 Å². The summed E-state index contributed by atoms with van der Waals surface area (Å²) in [6.07, 6.45) is 1.95. The smallest absolute Gasteiger partial charge is 0.243 e. The van der Waals surface area contributed by atoms with Crippen LogP contribution in [0.15, 0.2) is 35.2 Å². The Morgan fingerprint density at radius 1 is 1.32 bits per heavy atom. The van der Waals surface area contributed by atoms with Gasteiger partial charge in [-0.25, -0.2) is 8.42 Å². The van der Waals surface area contributed by atoms with Gasteiger partial charge in [-0.1, -0.05) is 25.1 Å². The fourth-order valence-corrected chi connectivity index (χ4v) is 4.38. The van der Waals surface area contributed by atoms with E-state index in [1.807, 2.05) is 6.07 Å². The highest BCUT2D eigenvalue weighted by Gasteiger charge is 2.36. The van der Waals surface area contributed by atoms with Gasteiger partial charge in [0, 0.05) is 19.1 Å². The molecule has 2 atom stereocenters. The summed E-state index contributed by atoms with van der Waals surface area (Å²) in [5, 5.41) is 0. The lowest BCUT2D eigenvalue weighted by atomic mass is 9.93. The standard InChI is InChI=1S/C13H20N2O2S.ClH/c1-11-6-5-9-15(13(11)10-14)18(16,17)12-7-3-2-4-8-12;/h2-4,7-8,11,13H,5-6,9-10,14H2,1H3;1H. The predicted octanol–water partition coefficient (Wildman–Crippen LogP) is 1.86. The zero-order chi connectivity index (χ0) is 13.2. The molecule has 2 N–H and O–H groups in total. The van der Waals surface area contributed by atoms with Crippen LogP contribution in [0.4, 0.5) is 0 Å². The maximum atomic E-state index is 12.6. The van der Waals surface area contributed by atoms with Gasteiger partial charge in [0.1, 0.15) is 0 Å². The van der Waals surface area contributed by atoms with Gasteiger partial charge in [-0.15, -0.1) is 12.4 Å². The molecule has 0 radical (unpaired) electrons. The molecule has 2 rings (SSSR count). The Bertz CT molecular complexity index is 493. The zero-order valence-corrected chi connectivity index (χ0v) is 12.7. The minimum absolute atomic E-state index is 0. The van der Waals surface area contributed by atoms with Crippen molar-refractivity contribution in [2.45, 2.75) is 30.7 Å². The van der Waals surface area contributed by atoms with Gasteiger partial charge in [0.05, 0.1) is 4.90 Å². The number of hydrogen-bond acceptors (Lipinski definition) is 3. The van der Waals surface area contributed by atoms with E-state index in [0.29, 0.717) is 23.9 Å². The van der Waals surface area contributed by atoms with Gasteiger partial charge < -0.3 is 5.73 Å². The molecule has 0 spiro atoms. The molecule has 1 fully saturated rings. The van der Waals surface area contributed by atoms with E-state index >= 15 is 0 Å². The Kier molecular flexibility index (Phi) is 5.80. The van der Waals surface area contributed by atoms with E-state index in [1.54, 1.807) is 28.6 Å². The van der Waals surface area contributed by atoms with Crippen LogP contribution in [0, 0.1) is 5.92 Å². The minimum atomic E-state index is -3.40. The number of piperidine rings is 1. The first-order valence-electron chi connectivity index (χ1n) is 6.34. The van der Waals surface area contributed by atoms with E-state index in [2.05, 4.69) is 6.92 Å². The lowest BCUT2D eigenvalue weighted by Gasteiger charge is -2.38. The van der Waals surface area contributed by atoms with Crippen molar-refractivity contribution in [1.29, 1.82) is 0 Å². The summed E-state index contributed by atoms with van der Waals surface area (Å²) in [6.45, 7) is 3.03. The van der Waals surface area contributed by atoms with Gasteiger partial charge in [0.25, 0.3) is 0 Å². The average Bonchev–Trinajstić information content (AvgIpc) is 2.39. The summed E-state index contributed by atoms with van der Waals surface area (Å²) in [5.74, 6) is 0.322. The maximum Gasteiger partial charge on any atom is 0.243 e. The largest absolute Gasteiger partial charge is 0.329 e. The van der Waals surface area contributed by atoms with Gasteiger partial charge in [0.15, 0.2) is 0 Å². The fourth-order valence-electron chi connectivity index (χ4n) is 2.59. The minimum Gasteiger partial charge on any atom is -0.329 e. The topological polar surface area (TPSA) is 63.4 Å². The third kappa shape index (κ3) is 3.28. The molecule has 1 aromatic rings. The van der Waals surface area contributed by atoms with Crippen molar-refractivity contribution >= 4 is 22.4 Å². The summed E-state index contributed by atoms with van der Waals surface area (Å²) in [5.41, 5.74) is 5.75. The van der Waals surface area contributed by atoms with Crippen molar-refractivity contribution in [2.24, 2.45) is 11.7 Å². The number of benzene rings is 1. The highest BCUT2D eigenvalue weighted by atomic mass is 35.5. The van der Waals surface area contributed by atoms with Crippen LogP contribution in [0.3, 0.4) is 0 Å². The monoisotopic (exact) mass is 304 g/mol. The molecule has 0 bridgehead atoms. The molecule has 4 nitrogen and oxygen atoms in total. The summed E-state index contributed by atoms with van der Waals surface area (Å²) < 4.78 is 26.7. The van der Waals surface area contributed by atoms with Crippen LogP contribution in [-0.2, 0) is 10.0 Å². The number of halogens is 1. The predicted molar refractivity (Wildman–Crippen MR) is 78.8 cm³/mol. The van der Waals surface area contributed by atoms with Crippen LogP contribution in [-0.4, -0.2) is 31.9 Å². The molecule has 1 aromatic carbocycles. The third-order valence-electron chi connectivity index (χ3n) is 3.66. The van der Waals surface area contributed by atoms with Crippen LogP contribution in [0.1, 0.15) is 19.8 Å². The van der Waals surface area contributed by atoms with Crippen molar-refractivity contribution in [3.8, 4) is 0 Å². The number of hydrogen-bond donors (Lipinski definition) is 1. The second-order valence-electron chi connectivity index (χ2n) is 4.85. The van der Waals surface area contributed by atoms with Crippen LogP contribution >= 0.6 is 12.4 Å². The Labute approximate surface area is 121 Å². The Hall–Kier alpha value is -0.620. The van der Waals surface area contributed by atoms with Gasteiger partial charge in [-0.3, -0.25) is 0 Å². The summed E-state index contributed by atoms with van der Waals surface area (Å²) >= 11 is 0. The zero-order valence-electron chi connectivity index (χ0n) is 11.0. The molecule has 19 heavy (non-hydrogen) atoms. The van der Waals surface area contributed by atoms with E-state index in [-0.39, 0.29) is 18.4 Å². The summed E-state index contributed by atoms with van der Waals surface area (Å²) in [7, 11) is -3.40. The average molecular weight is 305 g/mol. The molecule has 1 aliphatic heterocycles. The molecular weight excluding hydrogens is 284 g/mol. The maximum absolute atomic E-state index is 12.6. The van der Waals surface area contributed by atoms with Crippen molar-refractivity contribution < 1.29 is 8.42 Å². The first-order chi connectivity index (χ1) is 8.57. The molecule has 1 aliphatic rings. The summed E-state index contributed by atoms with van der Waals surface area (Å²) in [4.78, 5) is 0.359. The highest BCUT2D eigenvalue weighted by molar-refractivity contribution is 7.89. The number of rotatable bonds is 3. The molecule has 6 heteroatoms. The van der Waals surface area contributed by atoms with Gasteiger partial charge in [-0.2, -0.15) is 4.31 Å². The lowest BCUT2D eigenvalue weighted by molar-refractivity contribution is 0.192. The molecule has 0 amide bonds.